The van der Waals surface area contributed by atoms with E-state index < -0.39 is 0 Å². The maximum Gasteiger partial charge on any atom is 0.305 e. The van der Waals surface area contributed by atoms with Crippen molar-refractivity contribution >= 4 is 5.97 Å². The maximum absolute atomic E-state index is 11.3. The fourth-order valence-corrected chi connectivity index (χ4v) is 1.09. The van der Waals surface area contributed by atoms with Crippen molar-refractivity contribution < 1.29 is 14.6 Å². The molecule has 0 spiro atoms. The van der Waals surface area contributed by atoms with Crippen LogP contribution in [0.4, 0.5) is 0 Å². The summed E-state index contributed by atoms with van der Waals surface area (Å²) >= 11 is 0. The standard InChI is InChI=1S/C12H24O3/c1-4-5-6-7-8-11(14)15-10-12(2,3)9-13/h13H,4-10H2,1-3H3. The summed E-state index contributed by atoms with van der Waals surface area (Å²) in [6, 6.07) is 0. The molecular formula is C12H24O3. The topological polar surface area (TPSA) is 46.5 Å². The Morgan fingerprint density at radius 3 is 2.47 bits per heavy atom. The summed E-state index contributed by atoms with van der Waals surface area (Å²) in [4.78, 5) is 11.3. The molecule has 0 bridgehead atoms. The highest BCUT2D eigenvalue weighted by atomic mass is 16.5. The molecule has 90 valence electrons. The van der Waals surface area contributed by atoms with E-state index in [0.29, 0.717) is 13.0 Å². The second-order valence-corrected chi connectivity index (χ2v) is 4.79. The Morgan fingerprint density at radius 1 is 1.27 bits per heavy atom. The van der Waals surface area contributed by atoms with Crippen LogP contribution in [-0.2, 0) is 9.53 Å². The van der Waals surface area contributed by atoms with E-state index in [1.807, 2.05) is 13.8 Å². The first-order valence-corrected chi connectivity index (χ1v) is 5.78. The lowest BCUT2D eigenvalue weighted by molar-refractivity contribution is -0.147. The smallest absolute Gasteiger partial charge is 0.305 e. The molecule has 0 radical (unpaired) electrons. The van der Waals surface area contributed by atoms with Gasteiger partial charge in [-0.3, -0.25) is 4.79 Å². The van der Waals surface area contributed by atoms with Gasteiger partial charge in [0.15, 0.2) is 0 Å². The zero-order chi connectivity index (χ0) is 11.7. The maximum atomic E-state index is 11.3. The van der Waals surface area contributed by atoms with Gasteiger partial charge < -0.3 is 9.84 Å². The van der Waals surface area contributed by atoms with E-state index in [4.69, 9.17) is 9.84 Å². The van der Waals surface area contributed by atoms with Gasteiger partial charge in [0, 0.05) is 11.8 Å². The highest BCUT2D eigenvalue weighted by molar-refractivity contribution is 5.69. The van der Waals surface area contributed by atoms with Gasteiger partial charge in [0.1, 0.15) is 0 Å². The zero-order valence-corrected chi connectivity index (χ0v) is 10.2. The van der Waals surface area contributed by atoms with Crippen molar-refractivity contribution in [3.8, 4) is 0 Å². The van der Waals surface area contributed by atoms with Crippen LogP contribution >= 0.6 is 0 Å². The normalized spacial score (nSPS) is 11.5. The van der Waals surface area contributed by atoms with Gasteiger partial charge >= 0.3 is 5.97 Å². The molecule has 0 aliphatic carbocycles. The molecule has 0 saturated carbocycles. The Kier molecular flexibility index (Phi) is 7.39. The third-order valence-corrected chi connectivity index (χ3v) is 2.29. The summed E-state index contributed by atoms with van der Waals surface area (Å²) in [6.07, 6.45) is 4.85. The second kappa shape index (κ2) is 7.69. The number of carbonyl (C=O) groups is 1. The third kappa shape index (κ3) is 8.43. The van der Waals surface area contributed by atoms with E-state index in [1.54, 1.807) is 0 Å². The molecule has 0 aliphatic rings. The van der Waals surface area contributed by atoms with Gasteiger partial charge in [0.2, 0.25) is 0 Å². The summed E-state index contributed by atoms with van der Waals surface area (Å²) in [5.41, 5.74) is -0.320. The van der Waals surface area contributed by atoms with Gasteiger partial charge in [-0.2, -0.15) is 0 Å². The van der Waals surface area contributed by atoms with E-state index in [9.17, 15) is 4.79 Å². The summed E-state index contributed by atoms with van der Waals surface area (Å²) in [5.74, 6) is -0.146. The number of rotatable bonds is 8. The van der Waals surface area contributed by atoms with E-state index in [0.717, 1.165) is 12.8 Å². The second-order valence-electron chi connectivity index (χ2n) is 4.79. The van der Waals surface area contributed by atoms with Crippen molar-refractivity contribution in [2.45, 2.75) is 52.9 Å². The summed E-state index contributed by atoms with van der Waals surface area (Å²) < 4.78 is 5.08. The molecule has 0 amide bonds. The molecule has 0 rings (SSSR count). The molecule has 0 aromatic rings. The number of hydrogen-bond acceptors (Lipinski definition) is 3. The Morgan fingerprint density at radius 2 is 1.93 bits per heavy atom. The number of aliphatic hydroxyl groups is 1. The number of ether oxygens (including phenoxy) is 1. The fraction of sp³-hybridized carbons (Fsp3) is 0.917. The minimum atomic E-state index is -0.320. The predicted molar refractivity (Wildman–Crippen MR) is 60.6 cm³/mol. The number of carbonyl (C=O) groups excluding carboxylic acids is 1. The summed E-state index contributed by atoms with van der Waals surface area (Å²) in [6.45, 7) is 6.23. The Balaban J connectivity index is 3.49. The van der Waals surface area contributed by atoms with Crippen LogP contribution in [0.25, 0.3) is 0 Å². The first-order chi connectivity index (χ1) is 7.02. The van der Waals surface area contributed by atoms with Gasteiger partial charge in [-0.15, -0.1) is 0 Å². The van der Waals surface area contributed by atoms with Crippen molar-refractivity contribution in [1.29, 1.82) is 0 Å². The first-order valence-electron chi connectivity index (χ1n) is 5.78. The highest BCUT2D eigenvalue weighted by Crippen LogP contribution is 2.14. The molecule has 0 aromatic heterocycles. The van der Waals surface area contributed by atoms with E-state index in [1.165, 1.54) is 12.8 Å². The van der Waals surface area contributed by atoms with Crippen molar-refractivity contribution in [3.05, 3.63) is 0 Å². The Labute approximate surface area is 92.8 Å². The monoisotopic (exact) mass is 216 g/mol. The van der Waals surface area contributed by atoms with Crippen LogP contribution in [0.3, 0.4) is 0 Å². The van der Waals surface area contributed by atoms with Gasteiger partial charge in [-0.25, -0.2) is 0 Å². The molecule has 0 aromatic carbocycles. The zero-order valence-electron chi connectivity index (χ0n) is 10.2. The van der Waals surface area contributed by atoms with Gasteiger partial charge in [0.25, 0.3) is 0 Å². The summed E-state index contributed by atoms with van der Waals surface area (Å²) in [7, 11) is 0. The van der Waals surface area contributed by atoms with E-state index in [2.05, 4.69) is 6.92 Å². The molecule has 1 N–H and O–H groups in total. The quantitative estimate of drug-likeness (QED) is 0.501. The Hall–Kier alpha value is -0.570. The van der Waals surface area contributed by atoms with Crippen LogP contribution in [0.15, 0.2) is 0 Å². The molecule has 3 heteroatoms. The van der Waals surface area contributed by atoms with E-state index >= 15 is 0 Å². The molecule has 3 nitrogen and oxygen atoms in total. The molecular weight excluding hydrogens is 192 g/mol. The van der Waals surface area contributed by atoms with Gasteiger partial charge in [-0.1, -0.05) is 40.0 Å². The van der Waals surface area contributed by atoms with Crippen molar-refractivity contribution in [2.24, 2.45) is 5.41 Å². The number of unbranched alkanes of at least 4 members (excludes halogenated alkanes) is 3. The molecule has 0 atom stereocenters. The number of hydrogen-bond donors (Lipinski definition) is 1. The van der Waals surface area contributed by atoms with Gasteiger partial charge in [0.05, 0.1) is 13.2 Å². The average Bonchev–Trinajstić information content (AvgIpc) is 2.22. The van der Waals surface area contributed by atoms with Crippen LogP contribution in [0.5, 0.6) is 0 Å². The fourth-order valence-electron chi connectivity index (χ4n) is 1.09. The SMILES string of the molecule is CCCCCCC(=O)OCC(C)(C)CO. The van der Waals surface area contributed by atoms with Crippen LogP contribution in [0.2, 0.25) is 0 Å². The predicted octanol–water partition coefficient (Wildman–Crippen LogP) is 2.52. The van der Waals surface area contributed by atoms with Crippen LogP contribution in [-0.4, -0.2) is 24.3 Å². The van der Waals surface area contributed by atoms with Crippen molar-refractivity contribution in [1.82, 2.24) is 0 Å². The minimum Gasteiger partial charge on any atom is -0.465 e. The molecule has 0 fully saturated rings. The molecule has 0 aliphatic heterocycles. The summed E-state index contributed by atoms with van der Waals surface area (Å²) in [5, 5.41) is 8.96. The lowest BCUT2D eigenvalue weighted by Crippen LogP contribution is -2.25. The van der Waals surface area contributed by atoms with Crippen molar-refractivity contribution in [3.63, 3.8) is 0 Å². The lowest BCUT2D eigenvalue weighted by atomic mass is 9.97. The largest absolute Gasteiger partial charge is 0.465 e. The number of esters is 1. The highest BCUT2D eigenvalue weighted by Gasteiger charge is 2.18. The minimum absolute atomic E-state index is 0.0378. The molecule has 0 heterocycles. The van der Waals surface area contributed by atoms with Gasteiger partial charge in [-0.05, 0) is 6.42 Å². The van der Waals surface area contributed by atoms with Crippen LogP contribution < -0.4 is 0 Å². The van der Waals surface area contributed by atoms with E-state index in [-0.39, 0.29) is 18.0 Å². The van der Waals surface area contributed by atoms with Crippen molar-refractivity contribution in [2.75, 3.05) is 13.2 Å². The third-order valence-electron chi connectivity index (χ3n) is 2.29. The number of aliphatic hydroxyl groups excluding tert-OH is 1. The first kappa shape index (κ1) is 14.4. The molecule has 15 heavy (non-hydrogen) atoms. The molecule has 0 unspecified atom stereocenters. The van der Waals surface area contributed by atoms with Crippen LogP contribution in [0.1, 0.15) is 52.9 Å². The Bertz CT molecular complexity index is 176. The average molecular weight is 216 g/mol. The van der Waals surface area contributed by atoms with Crippen LogP contribution in [0, 0.1) is 5.41 Å². The lowest BCUT2D eigenvalue weighted by Gasteiger charge is -2.20. The molecule has 0 saturated heterocycles.